The molecule has 1 aliphatic rings. The van der Waals surface area contributed by atoms with Crippen molar-refractivity contribution in [2.75, 3.05) is 7.05 Å². The molecule has 0 fully saturated rings. The van der Waals surface area contributed by atoms with Crippen LogP contribution in [0.25, 0.3) is 5.70 Å². The van der Waals surface area contributed by atoms with Crippen molar-refractivity contribution in [2.45, 2.75) is 12.5 Å². The number of carbonyl (C=O) groups is 1. The molecule has 3 rings (SSSR count). The summed E-state index contributed by atoms with van der Waals surface area (Å²) in [6, 6.07) is 21.3. The first-order valence-corrected chi connectivity index (χ1v) is 7.48. The summed E-state index contributed by atoms with van der Waals surface area (Å²) in [7, 11) is 1.90. The highest BCUT2D eigenvalue weighted by Crippen LogP contribution is 2.30. The molecule has 0 amide bonds. The van der Waals surface area contributed by atoms with Crippen LogP contribution in [0, 0.1) is 11.3 Å². The fourth-order valence-corrected chi connectivity index (χ4v) is 2.81. The summed E-state index contributed by atoms with van der Waals surface area (Å²) in [5.41, 5.74) is 5.87. The van der Waals surface area contributed by atoms with Gasteiger partial charge in [-0.25, -0.2) is 5.01 Å². The number of nitrogens with zero attached hydrogens (tertiary/aromatic N) is 2. The molecule has 0 aliphatic carbocycles. The van der Waals surface area contributed by atoms with Gasteiger partial charge in [-0.2, -0.15) is 5.26 Å². The van der Waals surface area contributed by atoms with E-state index < -0.39 is 0 Å². The summed E-state index contributed by atoms with van der Waals surface area (Å²) >= 11 is 0. The van der Waals surface area contributed by atoms with E-state index in [-0.39, 0.29) is 23.8 Å². The number of allylic oxidation sites excluding steroid dienone is 1. The minimum atomic E-state index is -0.142. The van der Waals surface area contributed by atoms with E-state index in [0.717, 1.165) is 11.1 Å². The molecule has 2 aromatic carbocycles. The van der Waals surface area contributed by atoms with Gasteiger partial charge in [0.05, 0.1) is 11.7 Å². The van der Waals surface area contributed by atoms with E-state index in [4.69, 9.17) is 0 Å². The van der Waals surface area contributed by atoms with Gasteiger partial charge in [0.2, 0.25) is 0 Å². The van der Waals surface area contributed by atoms with E-state index >= 15 is 0 Å². The molecule has 2 aromatic rings. The number of hydrazine groups is 1. The van der Waals surface area contributed by atoms with E-state index in [1.807, 2.05) is 72.7 Å². The highest BCUT2D eigenvalue weighted by Gasteiger charge is 2.29. The first kappa shape index (κ1) is 15.0. The normalized spacial score (nSPS) is 19.0. The van der Waals surface area contributed by atoms with Crippen molar-refractivity contribution in [3.63, 3.8) is 0 Å². The molecule has 1 atom stereocenters. The average molecular weight is 303 g/mol. The summed E-state index contributed by atoms with van der Waals surface area (Å²) in [4.78, 5) is 12.6. The van der Waals surface area contributed by atoms with Crippen molar-refractivity contribution in [1.82, 2.24) is 10.4 Å². The van der Waals surface area contributed by atoms with Gasteiger partial charge >= 0.3 is 0 Å². The van der Waals surface area contributed by atoms with E-state index in [2.05, 4.69) is 11.5 Å². The second kappa shape index (κ2) is 6.47. The van der Waals surface area contributed by atoms with E-state index in [1.54, 1.807) is 0 Å². The highest BCUT2D eigenvalue weighted by molar-refractivity contribution is 6.06. The third-order valence-corrected chi connectivity index (χ3v) is 4.02. The lowest BCUT2D eigenvalue weighted by Gasteiger charge is -2.27. The maximum atomic E-state index is 12.6. The lowest BCUT2D eigenvalue weighted by molar-refractivity contribution is -0.116. The van der Waals surface area contributed by atoms with Gasteiger partial charge in [0.25, 0.3) is 0 Å². The molecule has 1 N–H and O–H groups in total. The summed E-state index contributed by atoms with van der Waals surface area (Å²) < 4.78 is 0. The summed E-state index contributed by atoms with van der Waals surface area (Å²) in [5.74, 6) is -0.142. The standard InChI is InChI=1S/C19H17N3O/c1-22-17(14-8-4-2-5-9-14)12-18(23)16(13-20)19(21-22)15-10-6-3-7-11-15/h2-11,17,21H,12H2,1H3. The SMILES string of the molecule is CN1NC(c2ccccc2)=C(C#N)C(=O)CC1c1ccccc1. The quantitative estimate of drug-likeness (QED) is 0.926. The smallest absolute Gasteiger partial charge is 0.177 e. The first-order chi connectivity index (χ1) is 11.2. The van der Waals surface area contributed by atoms with Crippen LogP contribution in [0.15, 0.2) is 66.2 Å². The molecule has 0 spiro atoms. The molecule has 0 bridgehead atoms. The van der Waals surface area contributed by atoms with Gasteiger partial charge in [-0.15, -0.1) is 0 Å². The Balaban J connectivity index is 2.02. The molecule has 114 valence electrons. The topological polar surface area (TPSA) is 56.1 Å². The lowest BCUT2D eigenvalue weighted by Crippen LogP contribution is -2.35. The van der Waals surface area contributed by atoms with Crippen LogP contribution in [0.5, 0.6) is 0 Å². The van der Waals surface area contributed by atoms with Gasteiger partial charge in [-0.05, 0) is 5.56 Å². The van der Waals surface area contributed by atoms with Crippen LogP contribution >= 0.6 is 0 Å². The molecule has 0 aromatic heterocycles. The van der Waals surface area contributed by atoms with Gasteiger partial charge in [0, 0.05) is 19.0 Å². The number of benzene rings is 2. The molecule has 4 heteroatoms. The average Bonchev–Trinajstić information content (AvgIpc) is 2.73. The van der Waals surface area contributed by atoms with Crippen molar-refractivity contribution < 1.29 is 4.79 Å². The molecule has 0 saturated carbocycles. The molecule has 1 heterocycles. The third-order valence-electron chi connectivity index (χ3n) is 4.02. The monoisotopic (exact) mass is 303 g/mol. The number of nitriles is 1. The summed E-state index contributed by atoms with van der Waals surface area (Å²) in [6.07, 6.45) is 0.271. The number of hydrogen-bond donors (Lipinski definition) is 1. The molecule has 0 saturated heterocycles. The number of hydrogen-bond acceptors (Lipinski definition) is 4. The van der Waals surface area contributed by atoms with E-state index in [1.165, 1.54) is 0 Å². The molecule has 1 unspecified atom stereocenters. The van der Waals surface area contributed by atoms with Crippen LogP contribution in [-0.4, -0.2) is 17.8 Å². The Morgan fingerprint density at radius 2 is 1.70 bits per heavy atom. The molecule has 0 radical (unpaired) electrons. The van der Waals surface area contributed by atoms with Crippen molar-refractivity contribution in [3.8, 4) is 6.07 Å². The fourth-order valence-electron chi connectivity index (χ4n) is 2.81. The lowest BCUT2D eigenvalue weighted by atomic mass is 9.97. The fraction of sp³-hybridized carbons (Fsp3) is 0.158. The van der Waals surface area contributed by atoms with Crippen LogP contribution in [-0.2, 0) is 4.79 Å². The van der Waals surface area contributed by atoms with Crippen LogP contribution in [0.1, 0.15) is 23.6 Å². The number of rotatable bonds is 2. The Morgan fingerprint density at radius 3 is 2.30 bits per heavy atom. The Hall–Kier alpha value is -2.90. The summed E-state index contributed by atoms with van der Waals surface area (Å²) in [5, 5.41) is 11.4. The number of Topliss-reactive ketones (excluding diaryl/α,β-unsaturated/α-hetero) is 1. The minimum Gasteiger partial charge on any atom is -0.317 e. The van der Waals surface area contributed by atoms with Crippen LogP contribution in [0.2, 0.25) is 0 Å². The largest absolute Gasteiger partial charge is 0.317 e. The molecular weight excluding hydrogens is 286 g/mol. The highest BCUT2D eigenvalue weighted by atomic mass is 16.1. The molecule has 4 nitrogen and oxygen atoms in total. The van der Waals surface area contributed by atoms with Crippen molar-refractivity contribution >= 4 is 11.5 Å². The van der Waals surface area contributed by atoms with Crippen LogP contribution in [0.4, 0.5) is 0 Å². The van der Waals surface area contributed by atoms with Crippen LogP contribution < -0.4 is 5.43 Å². The Kier molecular flexibility index (Phi) is 4.22. The minimum absolute atomic E-state index is 0.117. The van der Waals surface area contributed by atoms with Crippen molar-refractivity contribution in [1.29, 1.82) is 5.26 Å². The maximum Gasteiger partial charge on any atom is 0.177 e. The zero-order valence-electron chi connectivity index (χ0n) is 12.9. The van der Waals surface area contributed by atoms with Gasteiger partial charge in [0.1, 0.15) is 11.6 Å². The maximum absolute atomic E-state index is 12.6. The third kappa shape index (κ3) is 3.01. The zero-order valence-corrected chi connectivity index (χ0v) is 12.9. The van der Waals surface area contributed by atoms with Gasteiger partial charge < -0.3 is 5.43 Å². The van der Waals surface area contributed by atoms with E-state index in [9.17, 15) is 10.1 Å². The van der Waals surface area contributed by atoms with Crippen molar-refractivity contribution in [2.24, 2.45) is 0 Å². The number of nitrogens with one attached hydrogen (secondary N) is 1. The van der Waals surface area contributed by atoms with Gasteiger partial charge in [-0.1, -0.05) is 60.7 Å². The van der Waals surface area contributed by atoms with Crippen LogP contribution in [0.3, 0.4) is 0 Å². The van der Waals surface area contributed by atoms with Crippen molar-refractivity contribution in [3.05, 3.63) is 77.4 Å². The van der Waals surface area contributed by atoms with Gasteiger partial charge in [0.15, 0.2) is 5.78 Å². The first-order valence-electron chi connectivity index (χ1n) is 7.48. The van der Waals surface area contributed by atoms with Gasteiger partial charge in [-0.3, -0.25) is 4.79 Å². The Bertz CT molecular complexity index is 775. The summed E-state index contributed by atoms with van der Waals surface area (Å²) in [6.45, 7) is 0. The Labute approximate surface area is 135 Å². The molecule has 1 aliphatic heterocycles. The second-order valence-corrected chi connectivity index (χ2v) is 5.50. The molecular formula is C19H17N3O. The second-order valence-electron chi connectivity index (χ2n) is 5.50. The predicted molar refractivity (Wildman–Crippen MR) is 88.7 cm³/mol. The zero-order chi connectivity index (χ0) is 16.2. The molecule has 23 heavy (non-hydrogen) atoms. The predicted octanol–water partition coefficient (Wildman–Crippen LogP) is 3.07. The Morgan fingerprint density at radius 1 is 1.09 bits per heavy atom. The number of carbonyl (C=O) groups excluding carboxylic acids is 1. The number of ketones is 1. The van der Waals surface area contributed by atoms with E-state index in [0.29, 0.717) is 5.70 Å².